The Balaban J connectivity index is 2.14. The fraction of sp³-hybridized carbons (Fsp3) is 0.200. The first kappa shape index (κ1) is 16.1. The van der Waals surface area contributed by atoms with Crippen molar-refractivity contribution >= 4 is 33.4 Å². The monoisotopic (exact) mass is 348 g/mol. The maximum atomic E-state index is 13.4. The van der Waals surface area contributed by atoms with Gasteiger partial charge in [-0.2, -0.15) is 10.1 Å². The van der Waals surface area contributed by atoms with Crippen LogP contribution in [0.1, 0.15) is 10.5 Å². The van der Waals surface area contributed by atoms with E-state index in [1.54, 1.807) is 19.3 Å². The van der Waals surface area contributed by atoms with Gasteiger partial charge in [0.05, 0.1) is 17.3 Å². The standard InChI is InChI=1S/C15H13FN4O3S/c1-19-6-5-10(18-19)14(22)17-15-20(8-13(21)23-2)11-4-3-9(16)7-12(11)24-15/h3-7H,8H2,1-2H3. The van der Waals surface area contributed by atoms with Crippen molar-refractivity contribution in [2.75, 3.05) is 7.11 Å². The summed E-state index contributed by atoms with van der Waals surface area (Å²) in [6.45, 7) is -0.129. The number of aryl methyl sites for hydroxylation is 1. The second kappa shape index (κ2) is 6.36. The van der Waals surface area contributed by atoms with Crippen molar-refractivity contribution in [3.63, 3.8) is 0 Å². The lowest BCUT2D eigenvalue weighted by molar-refractivity contribution is -0.141. The van der Waals surface area contributed by atoms with Gasteiger partial charge in [0.15, 0.2) is 10.5 Å². The Labute approximate surface area is 139 Å². The van der Waals surface area contributed by atoms with Crippen molar-refractivity contribution in [2.45, 2.75) is 6.54 Å². The van der Waals surface area contributed by atoms with Crippen LogP contribution >= 0.6 is 11.3 Å². The number of halogens is 1. The van der Waals surface area contributed by atoms with Crippen molar-refractivity contribution in [1.82, 2.24) is 14.3 Å². The number of amides is 1. The van der Waals surface area contributed by atoms with Gasteiger partial charge in [-0.15, -0.1) is 0 Å². The normalized spacial score (nSPS) is 11.9. The highest BCUT2D eigenvalue weighted by Gasteiger charge is 2.14. The zero-order valence-electron chi connectivity index (χ0n) is 12.9. The van der Waals surface area contributed by atoms with Gasteiger partial charge in [0.25, 0.3) is 5.91 Å². The number of rotatable bonds is 3. The molecule has 0 saturated heterocycles. The highest BCUT2D eigenvalue weighted by atomic mass is 32.1. The van der Waals surface area contributed by atoms with E-state index in [9.17, 15) is 14.0 Å². The summed E-state index contributed by atoms with van der Waals surface area (Å²) in [5.41, 5.74) is 0.783. The molecule has 0 saturated carbocycles. The molecule has 0 spiro atoms. The molecular formula is C15H13FN4O3S. The summed E-state index contributed by atoms with van der Waals surface area (Å²) in [6, 6.07) is 5.70. The van der Waals surface area contributed by atoms with Gasteiger partial charge in [-0.1, -0.05) is 11.3 Å². The second-order valence-electron chi connectivity index (χ2n) is 4.95. The average Bonchev–Trinajstić information content (AvgIpc) is 3.11. The molecule has 0 unspecified atom stereocenters. The number of thiazole rings is 1. The van der Waals surface area contributed by atoms with Crippen molar-refractivity contribution in [3.05, 3.63) is 46.8 Å². The number of ether oxygens (including phenoxy) is 1. The predicted molar refractivity (Wildman–Crippen MR) is 84.9 cm³/mol. The molecule has 0 aliphatic rings. The zero-order valence-corrected chi connectivity index (χ0v) is 13.7. The number of hydrogen-bond donors (Lipinski definition) is 0. The largest absolute Gasteiger partial charge is 0.468 e. The summed E-state index contributed by atoms with van der Waals surface area (Å²) in [6.07, 6.45) is 1.63. The third kappa shape index (κ3) is 3.11. The van der Waals surface area contributed by atoms with E-state index >= 15 is 0 Å². The minimum Gasteiger partial charge on any atom is -0.468 e. The lowest BCUT2D eigenvalue weighted by atomic mass is 10.3. The number of nitrogens with zero attached hydrogens (tertiary/aromatic N) is 4. The molecule has 0 fully saturated rings. The number of aromatic nitrogens is 3. The van der Waals surface area contributed by atoms with Crippen molar-refractivity contribution in [1.29, 1.82) is 0 Å². The smallest absolute Gasteiger partial charge is 0.325 e. The molecule has 124 valence electrons. The number of carbonyl (C=O) groups excluding carboxylic acids is 2. The molecule has 0 bridgehead atoms. The number of fused-ring (bicyclic) bond motifs is 1. The number of carbonyl (C=O) groups is 2. The topological polar surface area (TPSA) is 78.5 Å². The van der Waals surface area contributed by atoms with Crippen LogP contribution in [0.15, 0.2) is 35.5 Å². The minimum atomic E-state index is -0.541. The Morgan fingerprint density at radius 2 is 2.17 bits per heavy atom. The van der Waals surface area contributed by atoms with Crippen LogP contribution in [0.2, 0.25) is 0 Å². The number of esters is 1. The molecule has 3 aromatic rings. The van der Waals surface area contributed by atoms with Crippen LogP contribution in [-0.2, 0) is 23.1 Å². The van der Waals surface area contributed by atoms with Gasteiger partial charge in [-0.25, -0.2) is 4.39 Å². The van der Waals surface area contributed by atoms with Crippen molar-refractivity contribution in [2.24, 2.45) is 12.0 Å². The molecular weight excluding hydrogens is 335 g/mol. The Kier molecular flexibility index (Phi) is 4.26. The van der Waals surface area contributed by atoms with Gasteiger partial charge in [-0.3, -0.25) is 14.3 Å². The van der Waals surface area contributed by atoms with Gasteiger partial charge in [0.1, 0.15) is 12.4 Å². The van der Waals surface area contributed by atoms with E-state index in [0.717, 1.165) is 11.3 Å². The maximum absolute atomic E-state index is 13.4. The summed E-state index contributed by atoms with van der Waals surface area (Å²) in [5, 5.41) is 4.00. The lowest BCUT2D eigenvalue weighted by Gasteiger charge is -2.03. The first-order valence-electron chi connectivity index (χ1n) is 6.92. The fourth-order valence-electron chi connectivity index (χ4n) is 2.15. The highest BCUT2D eigenvalue weighted by molar-refractivity contribution is 7.16. The van der Waals surface area contributed by atoms with E-state index in [1.807, 2.05) is 0 Å². The van der Waals surface area contributed by atoms with E-state index in [0.29, 0.717) is 10.2 Å². The van der Waals surface area contributed by atoms with E-state index in [4.69, 9.17) is 0 Å². The second-order valence-corrected chi connectivity index (χ2v) is 5.96. The summed E-state index contributed by atoms with van der Waals surface area (Å²) in [7, 11) is 2.96. The SMILES string of the molecule is COC(=O)Cn1c(=NC(=O)c2ccn(C)n2)sc2cc(F)ccc21. The van der Waals surface area contributed by atoms with Gasteiger partial charge in [-0.05, 0) is 24.3 Å². The molecule has 1 amide bonds. The third-order valence-electron chi connectivity index (χ3n) is 3.29. The van der Waals surface area contributed by atoms with E-state index in [2.05, 4.69) is 14.8 Å². The molecule has 24 heavy (non-hydrogen) atoms. The van der Waals surface area contributed by atoms with Crippen LogP contribution in [0.4, 0.5) is 4.39 Å². The molecule has 1 aromatic carbocycles. The molecule has 0 aliphatic heterocycles. The summed E-state index contributed by atoms with van der Waals surface area (Å²) < 4.78 is 21.7. The van der Waals surface area contributed by atoms with Crippen LogP contribution in [0.25, 0.3) is 10.2 Å². The summed E-state index contributed by atoms with van der Waals surface area (Å²) in [4.78, 5) is 28.2. The Morgan fingerprint density at radius 1 is 1.38 bits per heavy atom. The first-order chi connectivity index (χ1) is 11.5. The highest BCUT2D eigenvalue weighted by Crippen LogP contribution is 2.18. The molecule has 9 heteroatoms. The van der Waals surface area contributed by atoms with Crippen LogP contribution in [0.3, 0.4) is 0 Å². The van der Waals surface area contributed by atoms with Crippen LogP contribution in [0.5, 0.6) is 0 Å². The molecule has 0 atom stereocenters. The van der Waals surface area contributed by atoms with Crippen molar-refractivity contribution in [3.8, 4) is 0 Å². The molecule has 0 N–H and O–H groups in total. The molecule has 7 nitrogen and oxygen atoms in total. The molecule has 0 aliphatic carbocycles. The molecule has 2 heterocycles. The third-order valence-corrected chi connectivity index (χ3v) is 4.33. The van der Waals surface area contributed by atoms with Crippen LogP contribution in [-0.4, -0.2) is 33.3 Å². The molecule has 2 aromatic heterocycles. The zero-order chi connectivity index (χ0) is 17.3. The van der Waals surface area contributed by atoms with E-state index in [-0.39, 0.29) is 17.0 Å². The Morgan fingerprint density at radius 3 is 2.83 bits per heavy atom. The Bertz CT molecular complexity index is 1000. The number of hydrogen-bond acceptors (Lipinski definition) is 5. The predicted octanol–water partition coefficient (Wildman–Crippen LogP) is 1.49. The first-order valence-corrected chi connectivity index (χ1v) is 7.74. The summed E-state index contributed by atoms with van der Waals surface area (Å²) in [5.74, 6) is -1.44. The summed E-state index contributed by atoms with van der Waals surface area (Å²) >= 11 is 1.11. The number of methoxy groups -OCH3 is 1. The molecule has 3 rings (SSSR count). The van der Waals surface area contributed by atoms with Gasteiger partial charge in [0.2, 0.25) is 0 Å². The Hall–Kier alpha value is -2.81. The number of benzene rings is 1. The van der Waals surface area contributed by atoms with E-state index < -0.39 is 17.7 Å². The van der Waals surface area contributed by atoms with Crippen LogP contribution in [0, 0.1) is 5.82 Å². The quantitative estimate of drug-likeness (QED) is 0.672. The van der Waals surface area contributed by atoms with Crippen molar-refractivity contribution < 1.29 is 18.7 Å². The average molecular weight is 348 g/mol. The van der Waals surface area contributed by atoms with Crippen LogP contribution < -0.4 is 4.80 Å². The van der Waals surface area contributed by atoms with Gasteiger partial charge >= 0.3 is 5.97 Å². The minimum absolute atomic E-state index is 0.129. The van der Waals surface area contributed by atoms with E-state index in [1.165, 1.54) is 34.6 Å². The maximum Gasteiger partial charge on any atom is 0.325 e. The lowest BCUT2D eigenvalue weighted by Crippen LogP contribution is -2.22. The fourth-order valence-corrected chi connectivity index (χ4v) is 3.20. The van der Waals surface area contributed by atoms with Gasteiger partial charge < -0.3 is 9.30 Å². The molecule has 0 radical (unpaired) electrons. The van der Waals surface area contributed by atoms with Gasteiger partial charge in [0, 0.05) is 13.2 Å².